The van der Waals surface area contributed by atoms with Crippen LogP contribution in [-0.2, 0) is 0 Å². The Balaban J connectivity index is 2.18. The highest BCUT2D eigenvalue weighted by Crippen LogP contribution is 2.18. The Morgan fingerprint density at radius 3 is 2.67 bits per heavy atom. The molecule has 0 bridgehead atoms. The molecule has 108 valence electrons. The van der Waals surface area contributed by atoms with Crippen molar-refractivity contribution in [1.29, 1.82) is 0 Å². The van der Waals surface area contributed by atoms with Gasteiger partial charge < -0.3 is 10.6 Å². The molecule has 2 rings (SSSR count). The van der Waals surface area contributed by atoms with E-state index in [-0.39, 0.29) is 11.6 Å². The molecule has 0 fully saturated rings. The largest absolute Gasteiger partial charge is 0.351 e. The molecule has 0 aliphatic heterocycles. The van der Waals surface area contributed by atoms with Gasteiger partial charge in [0.05, 0.1) is 0 Å². The molecule has 2 N–H and O–H groups in total. The van der Waals surface area contributed by atoms with Crippen LogP contribution in [0.2, 0.25) is 0 Å². The topological polar surface area (TPSA) is 66.9 Å². The number of carbonyl (C=O) groups excluding carboxylic acids is 1. The Labute approximate surface area is 119 Å². The minimum absolute atomic E-state index is 0.0146. The van der Waals surface area contributed by atoms with Crippen LogP contribution in [0.1, 0.15) is 10.5 Å². The Morgan fingerprint density at radius 1 is 1.29 bits per heavy atom. The molecule has 0 atom stereocenters. The molecule has 0 unspecified atom stereocenters. The first-order valence-electron chi connectivity index (χ1n) is 6.05. The quantitative estimate of drug-likeness (QED) is 0.831. The molecular weight excluding hydrogens is 278 g/mol. The van der Waals surface area contributed by atoms with Crippen molar-refractivity contribution in [1.82, 2.24) is 9.97 Å². The number of benzene rings is 1. The molecular formula is C14H12F2N4O. The van der Waals surface area contributed by atoms with Gasteiger partial charge in [0.2, 0.25) is 5.95 Å². The molecule has 0 saturated heterocycles. The Kier molecular flexibility index (Phi) is 4.55. The lowest BCUT2D eigenvalue weighted by Crippen LogP contribution is -2.17. The van der Waals surface area contributed by atoms with Crippen LogP contribution in [0.5, 0.6) is 0 Å². The second-order valence-electron chi connectivity index (χ2n) is 3.99. The lowest BCUT2D eigenvalue weighted by molar-refractivity contribution is 0.102. The average Bonchev–Trinajstić information content (AvgIpc) is 2.49. The van der Waals surface area contributed by atoms with Crippen LogP contribution in [0.25, 0.3) is 0 Å². The fraction of sp³-hybridized carbons (Fsp3) is 0.0714. The summed E-state index contributed by atoms with van der Waals surface area (Å²) in [5, 5.41) is 4.96. The van der Waals surface area contributed by atoms with Crippen molar-refractivity contribution < 1.29 is 13.6 Å². The first-order chi connectivity index (χ1) is 10.1. The summed E-state index contributed by atoms with van der Waals surface area (Å²) in [6, 6.07) is 4.65. The summed E-state index contributed by atoms with van der Waals surface area (Å²) >= 11 is 0. The zero-order valence-electron chi connectivity index (χ0n) is 10.9. The molecule has 21 heavy (non-hydrogen) atoms. The van der Waals surface area contributed by atoms with Crippen LogP contribution in [0.3, 0.4) is 0 Å². The highest BCUT2D eigenvalue weighted by Gasteiger charge is 2.14. The van der Waals surface area contributed by atoms with E-state index in [1.54, 1.807) is 6.08 Å². The van der Waals surface area contributed by atoms with Gasteiger partial charge in [0.1, 0.15) is 23.0 Å². The van der Waals surface area contributed by atoms with Gasteiger partial charge in [-0.1, -0.05) is 12.1 Å². The standard InChI is InChI=1S/C14H12F2N4O/c1-2-7-17-14-18-8-6-11(19-14)13(21)20-12-9(15)4-3-5-10(12)16/h2-6,8H,1,7H2,(H,20,21)(H,17,18,19). The van der Waals surface area contributed by atoms with Crippen molar-refractivity contribution in [2.45, 2.75) is 0 Å². The summed E-state index contributed by atoms with van der Waals surface area (Å²) in [5.74, 6) is -2.23. The first-order valence-corrected chi connectivity index (χ1v) is 6.05. The van der Waals surface area contributed by atoms with Crippen molar-refractivity contribution in [3.63, 3.8) is 0 Å². The summed E-state index contributed by atoms with van der Waals surface area (Å²) < 4.78 is 26.9. The summed E-state index contributed by atoms with van der Waals surface area (Å²) in [4.78, 5) is 19.8. The average molecular weight is 290 g/mol. The minimum atomic E-state index is -0.859. The van der Waals surface area contributed by atoms with E-state index in [1.807, 2.05) is 0 Å². The molecule has 0 spiro atoms. The molecule has 0 saturated carbocycles. The minimum Gasteiger partial charge on any atom is -0.351 e. The van der Waals surface area contributed by atoms with Gasteiger partial charge in [-0.2, -0.15) is 0 Å². The van der Waals surface area contributed by atoms with Crippen LogP contribution in [0.15, 0.2) is 43.1 Å². The number of anilines is 2. The second-order valence-corrected chi connectivity index (χ2v) is 3.99. The van der Waals surface area contributed by atoms with Gasteiger partial charge in [0.25, 0.3) is 5.91 Å². The maximum Gasteiger partial charge on any atom is 0.274 e. The van der Waals surface area contributed by atoms with Crippen LogP contribution in [0, 0.1) is 11.6 Å². The van der Waals surface area contributed by atoms with Crippen molar-refractivity contribution in [3.05, 3.63) is 60.4 Å². The van der Waals surface area contributed by atoms with Crippen LogP contribution < -0.4 is 10.6 Å². The predicted octanol–water partition coefficient (Wildman–Crippen LogP) is 2.61. The third kappa shape index (κ3) is 3.59. The summed E-state index contributed by atoms with van der Waals surface area (Å²) in [6.07, 6.45) is 2.97. The zero-order valence-corrected chi connectivity index (χ0v) is 10.9. The number of rotatable bonds is 5. The molecule has 1 aromatic heterocycles. The second kappa shape index (κ2) is 6.56. The number of hydrogen-bond donors (Lipinski definition) is 2. The number of aromatic nitrogens is 2. The van der Waals surface area contributed by atoms with Gasteiger partial charge in [-0.3, -0.25) is 4.79 Å². The zero-order chi connectivity index (χ0) is 15.2. The van der Waals surface area contributed by atoms with Crippen LogP contribution in [-0.4, -0.2) is 22.4 Å². The number of amides is 1. The predicted molar refractivity (Wildman–Crippen MR) is 75.0 cm³/mol. The van der Waals surface area contributed by atoms with Gasteiger partial charge in [-0.15, -0.1) is 6.58 Å². The molecule has 0 aliphatic carbocycles. The molecule has 7 heteroatoms. The third-order valence-corrected chi connectivity index (χ3v) is 2.49. The third-order valence-electron chi connectivity index (χ3n) is 2.49. The fourth-order valence-corrected chi connectivity index (χ4v) is 1.53. The number of carbonyl (C=O) groups is 1. The van der Waals surface area contributed by atoms with Crippen molar-refractivity contribution >= 4 is 17.5 Å². The van der Waals surface area contributed by atoms with E-state index >= 15 is 0 Å². The van der Waals surface area contributed by atoms with Crippen molar-refractivity contribution in [2.24, 2.45) is 0 Å². The molecule has 5 nitrogen and oxygen atoms in total. The molecule has 0 radical (unpaired) electrons. The van der Waals surface area contributed by atoms with E-state index in [2.05, 4.69) is 27.2 Å². The van der Waals surface area contributed by atoms with E-state index in [4.69, 9.17) is 0 Å². The maximum absolute atomic E-state index is 13.5. The molecule has 1 amide bonds. The van der Waals surface area contributed by atoms with E-state index in [1.165, 1.54) is 18.3 Å². The Morgan fingerprint density at radius 2 is 2.00 bits per heavy atom. The number of nitrogens with zero attached hydrogens (tertiary/aromatic N) is 2. The normalized spacial score (nSPS) is 10.0. The van der Waals surface area contributed by atoms with Crippen LogP contribution >= 0.6 is 0 Å². The number of hydrogen-bond acceptors (Lipinski definition) is 4. The van der Waals surface area contributed by atoms with E-state index in [9.17, 15) is 13.6 Å². The number of para-hydroxylation sites is 1. The lowest BCUT2D eigenvalue weighted by Gasteiger charge is -2.08. The molecule has 1 aromatic carbocycles. The summed E-state index contributed by atoms with van der Waals surface area (Å²) in [7, 11) is 0. The highest BCUT2D eigenvalue weighted by molar-refractivity contribution is 6.03. The SMILES string of the molecule is C=CCNc1nccc(C(=O)Nc2c(F)cccc2F)n1. The van der Waals surface area contributed by atoms with Crippen molar-refractivity contribution in [2.75, 3.05) is 17.2 Å². The van der Waals surface area contributed by atoms with E-state index in [0.717, 1.165) is 12.1 Å². The smallest absolute Gasteiger partial charge is 0.274 e. The first kappa shape index (κ1) is 14.6. The van der Waals surface area contributed by atoms with Gasteiger partial charge in [-0.05, 0) is 18.2 Å². The van der Waals surface area contributed by atoms with Crippen molar-refractivity contribution in [3.8, 4) is 0 Å². The summed E-state index contributed by atoms with van der Waals surface area (Å²) in [6.45, 7) is 3.95. The number of halogens is 2. The fourth-order valence-electron chi connectivity index (χ4n) is 1.53. The Bertz CT molecular complexity index is 656. The monoisotopic (exact) mass is 290 g/mol. The van der Waals surface area contributed by atoms with Gasteiger partial charge in [0.15, 0.2) is 0 Å². The number of nitrogens with one attached hydrogen (secondary N) is 2. The highest BCUT2D eigenvalue weighted by atomic mass is 19.1. The lowest BCUT2D eigenvalue weighted by atomic mass is 10.2. The van der Waals surface area contributed by atoms with Crippen LogP contribution in [0.4, 0.5) is 20.4 Å². The molecule has 0 aliphatic rings. The van der Waals surface area contributed by atoms with E-state index < -0.39 is 23.2 Å². The van der Waals surface area contributed by atoms with Gasteiger partial charge in [0, 0.05) is 12.7 Å². The molecule has 2 aromatic rings. The van der Waals surface area contributed by atoms with Gasteiger partial charge in [-0.25, -0.2) is 18.7 Å². The summed E-state index contributed by atoms with van der Waals surface area (Å²) in [5.41, 5.74) is -0.527. The van der Waals surface area contributed by atoms with E-state index in [0.29, 0.717) is 6.54 Å². The Hall–Kier alpha value is -2.83. The van der Waals surface area contributed by atoms with Gasteiger partial charge >= 0.3 is 0 Å². The molecule has 1 heterocycles. The maximum atomic E-state index is 13.5.